The molecule has 0 fully saturated rings. The van der Waals surface area contributed by atoms with Gasteiger partial charge in [0, 0.05) is 0 Å². The van der Waals surface area contributed by atoms with Crippen LogP contribution in [0.5, 0.6) is 0 Å². The van der Waals surface area contributed by atoms with E-state index in [1.807, 2.05) is 0 Å². The minimum absolute atomic E-state index is 0.0417. The van der Waals surface area contributed by atoms with E-state index in [2.05, 4.69) is 29.9 Å². The van der Waals surface area contributed by atoms with Crippen molar-refractivity contribution in [2.45, 2.75) is 0 Å². The van der Waals surface area contributed by atoms with Crippen LogP contribution in [0.15, 0.2) is 0 Å². The molecule has 0 amide bonds. The van der Waals surface area contributed by atoms with E-state index in [0.29, 0.717) is 0 Å². The Morgan fingerprint density at radius 2 is 0.500 bits per heavy atom. The Bertz CT molecular complexity index is 654. The summed E-state index contributed by atoms with van der Waals surface area (Å²) in [7, 11) is -9.28. The molecule has 0 saturated carbocycles. The molecular weight excluding hydrogens is 430 g/mol. The molecule has 22 heteroatoms. The average Bonchev–Trinajstić information content (AvgIpc) is 2.30. The number of rotatable bonds is 0. The molecule has 0 spiro atoms. The first-order valence-electron chi connectivity index (χ1n) is 5.98. The second-order valence-corrected chi connectivity index (χ2v) is 5.90. The highest BCUT2D eigenvalue weighted by molar-refractivity contribution is 7.45. The van der Waals surface area contributed by atoms with Crippen LogP contribution in [0.3, 0.4) is 0 Å². The number of nitrogens with zero attached hydrogens (tertiary/aromatic N) is 6. The molecule has 0 radical (unpaired) electrons. The quantitative estimate of drug-likeness (QED) is 0.168. The summed E-state index contributed by atoms with van der Waals surface area (Å²) >= 11 is 0. The lowest BCUT2D eigenvalue weighted by Crippen LogP contribution is -2.05. The van der Waals surface area contributed by atoms with Crippen molar-refractivity contribution >= 4 is 51.3 Å². The zero-order valence-electron chi connectivity index (χ0n) is 13.5. The lowest BCUT2D eigenvalue weighted by molar-refractivity contribution is 0.272. The molecule has 0 aliphatic rings. The van der Waals surface area contributed by atoms with Crippen LogP contribution in [0.2, 0.25) is 0 Å². The minimum Gasteiger partial charge on any atom is -0.368 e. The molecule has 2 rings (SSSR count). The summed E-state index contributed by atoms with van der Waals surface area (Å²) in [6.45, 7) is 0. The predicted octanol–water partition coefficient (Wildman–Crippen LogP) is -4.62. The van der Waals surface area contributed by atoms with Gasteiger partial charge in [-0.15, -0.1) is 0 Å². The Hall–Kier alpha value is -2.96. The Kier molecular flexibility index (Phi) is 11.4. The lowest BCUT2D eigenvalue weighted by atomic mass is 10.9. The maximum atomic E-state index is 8.88. The highest BCUT2D eigenvalue weighted by atomic mass is 31.2. The molecule has 0 aromatic carbocycles. The van der Waals surface area contributed by atoms with Gasteiger partial charge in [0.2, 0.25) is 35.7 Å². The first-order valence-corrected chi connectivity index (χ1v) is 9.11. The number of anilines is 6. The van der Waals surface area contributed by atoms with E-state index in [9.17, 15) is 0 Å². The van der Waals surface area contributed by atoms with Gasteiger partial charge in [-0.2, -0.15) is 29.9 Å². The molecule has 2 heterocycles. The standard InChI is InChI=1S/2C3H6N6.2H3O4P/c2*4-1-7-2(5)9-3(6)8-1;2*1-5(2,3)4/h2*(H6,4,5,6,7,8,9);2*(H3,1,2,3,4). The molecule has 160 valence electrons. The third-order valence-corrected chi connectivity index (χ3v) is 1.37. The van der Waals surface area contributed by atoms with Gasteiger partial charge in [0.15, 0.2) is 0 Å². The van der Waals surface area contributed by atoms with Crippen molar-refractivity contribution in [2.24, 2.45) is 0 Å². The maximum Gasteiger partial charge on any atom is 0.466 e. The van der Waals surface area contributed by atoms with Crippen LogP contribution in [0.4, 0.5) is 35.7 Å². The van der Waals surface area contributed by atoms with Crippen LogP contribution < -0.4 is 34.4 Å². The van der Waals surface area contributed by atoms with Crippen molar-refractivity contribution in [2.75, 3.05) is 34.4 Å². The first kappa shape index (κ1) is 27.3. The van der Waals surface area contributed by atoms with Crippen LogP contribution in [-0.4, -0.2) is 59.3 Å². The van der Waals surface area contributed by atoms with Gasteiger partial charge in [0.25, 0.3) is 0 Å². The zero-order chi connectivity index (χ0) is 22.7. The summed E-state index contributed by atoms with van der Waals surface area (Å²) in [5.41, 5.74) is 30.8. The Balaban J connectivity index is 0. The fourth-order valence-electron chi connectivity index (χ4n) is 0.854. The van der Waals surface area contributed by atoms with Gasteiger partial charge in [-0.3, -0.25) is 0 Å². The number of hydrogen-bond acceptors (Lipinski definition) is 14. The van der Waals surface area contributed by atoms with Crippen LogP contribution in [0, 0.1) is 0 Å². The van der Waals surface area contributed by atoms with E-state index in [4.69, 9.17) is 72.9 Å². The SMILES string of the molecule is Nc1nc(N)nc(N)n1.Nc1nc(N)nc(N)n1.O=P(O)(O)O.O=P(O)(O)O. The highest BCUT2D eigenvalue weighted by Gasteiger charge is 2.00. The topological polar surface area (TPSA) is 389 Å². The van der Waals surface area contributed by atoms with Crippen LogP contribution >= 0.6 is 15.6 Å². The molecular formula is C6H18N12O8P2. The Morgan fingerprint density at radius 3 is 0.571 bits per heavy atom. The average molecular weight is 448 g/mol. The predicted molar refractivity (Wildman–Crippen MR) is 94.7 cm³/mol. The van der Waals surface area contributed by atoms with Gasteiger partial charge < -0.3 is 63.8 Å². The largest absolute Gasteiger partial charge is 0.466 e. The van der Waals surface area contributed by atoms with Gasteiger partial charge in [-0.25, -0.2) is 9.13 Å². The van der Waals surface area contributed by atoms with Gasteiger partial charge in [-0.1, -0.05) is 0 Å². The number of phosphoric acid groups is 2. The Morgan fingerprint density at radius 1 is 0.429 bits per heavy atom. The molecule has 0 aliphatic carbocycles. The van der Waals surface area contributed by atoms with E-state index in [1.165, 1.54) is 0 Å². The number of nitrogens with two attached hydrogens (primary N) is 6. The highest BCUT2D eigenvalue weighted by Crippen LogP contribution is 2.26. The van der Waals surface area contributed by atoms with Crippen molar-refractivity contribution in [3.63, 3.8) is 0 Å². The van der Waals surface area contributed by atoms with E-state index in [-0.39, 0.29) is 35.7 Å². The van der Waals surface area contributed by atoms with Gasteiger partial charge in [0.1, 0.15) is 0 Å². The number of aromatic nitrogens is 6. The molecule has 0 bridgehead atoms. The van der Waals surface area contributed by atoms with Crippen molar-refractivity contribution < 1.29 is 38.5 Å². The zero-order valence-corrected chi connectivity index (χ0v) is 15.3. The van der Waals surface area contributed by atoms with Crippen LogP contribution in [-0.2, 0) is 9.13 Å². The summed E-state index contributed by atoms with van der Waals surface area (Å²) in [6, 6.07) is 0. The third-order valence-electron chi connectivity index (χ3n) is 1.37. The van der Waals surface area contributed by atoms with E-state index in [1.54, 1.807) is 0 Å². The van der Waals surface area contributed by atoms with Crippen molar-refractivity contribution in [1.29, 1.82) is 0 Å². The second-order valence-electron chi connectivity index (χ2n) is 3.85. The summed E-state index contributed by atoms with van der Waals surface area (Å²) < 4.78 is 17.8. The molecule has 0 unspecified atom stereocenters. The maximum absolute atomic E-state index is 8.88. The summed E-state index contributed by atoms with van der Waals surface area (Å²) in [6.07, 6.45) is 0. The molecule has 0 aliphatic heterocycles. The molecule has 2 aromatic rings. The van der Waals surface area contributed by atoms with Crippen LogP contribution in [0.25, 0.3) is 0 Å². The lowest BCUT2D eigenvalue weighted by Gasteiger charge is -1.93. The monoisotopic (exact) mass is 448 g/mol. The minimum atomic E-state index is -4.64. The normalized spacial score (nSPS) is 10.2. The second kappa shape index (κ2) is 11.7. The van der Waals surface area contributed by atoms with Crippen molar-refractivity contribution in [3.05, 3.63) is 0 Å². The summed E-state index contributed by atoms with van der Waals surface area (Å²) in [5, 5.41) is 0. The smallest absolute Gasteiger partial charge is 0.368 e. The van der Waals surface area contributed by atoms with E-state index in [0.717, 1.165) is 0 Å². The van der Waals surface area contributed by atoms with Crippen molar-refractivity contribution in [1.82, 2.24) is 29.9 Å². The third kappa shape index (κ3) is 25.3. The summed E-state index contributed by atoms with van der Waals surface area (Å²) in [4.78, 5) is 64.1. The Labute approximate surface area is 155 Å². The fourth-order valence-corrected chi connectivity index (χ4v) is 0.854. The van der Waals surface area contributed by atoms with Gasteiger partial charge in [-0.05, 0) is 0 Å². The van der Waals surface area contributed by atoms with Gasteiger partial charge >= 0.3 is 15.6 Å². The molecule has 20 nitrogen and oxygen atoms in total. The molecule has 18 N–H and O–H groups in total. The molecule has 2 aromatic heterocycles. The molecule has 0 atom stereocenters. The van der Waals surface area contributed by atoms with E-state index >= 15 is 0 Å². The molecule has 28 heavy (non-hydrogen) atoms. The van der Waals surface area contributed by atoms with Gasteiger partial charge in [0.05, 0.1) is 0 Å². The first-order chi connectivity index (χ1) is 12.4. The van der Waals surface area contributed by atoms with Crippen molar-refractivity contribution in [3.8, 4) is 0 Å². The number of hydrogen-bond donors (Lipinski definition) is 12. The van der Waals surface area contributed by atoms with E-state index < -0.39 is 15.6 Å². The van der Waals surface area contributed by atoms with Crippen LogP contribution in [0.1, 0.15) is 0 Å². The number of nitrogen functional groups attached to an aromatic ring is 6. The fraction of sp³-hybridized carbons (Fsp3) is 0. The summed E-state index contributed by atoms with van der Waals surface area (Å²) in [5.74, 6) is 0.250. The molecule has 0 saturated heterocycles.